The summed E-state index contributed by atoms with van der Waals surface area (Å²) in [6, 6.07) is 4.83. The van der Waals surface area contributed by atoms with E-state index in [-0.39, 0.29) is 12.4 Å². The first kappa shape index (κ1) is 15.9. The largest absolute Gasteiger partial charge is 0.391 e. The van der Waals surface area contributed by atoms with Crippen LogP contribution < -0.4 is 4.90 Å². The number of halogens is 1. The molecule has 1 aromatic carbocycles. The van der Waals surface area contributed by atoms with Crippen LogP contribution in [0.3, 0.4) is 0 Å². The zero-order valence-electron chi connectivity index (χ0n) is 11.6. The lowest BCUT2D eigenvalue weighted by molar-refractivity contribution is 0.190. The second-order valence-corrected chi connectivity index (χ2v) is 4.22. The smallest absolute Gasteiger partial charge is 0.130 e. The first-order valence-corrected chi connectivity index (χ1v) is 6.35. The molecule has 19 heavy (non-hydrogen) atoms. The molecule has 0 spiro atoms. The van der Waals surface area contributed by atoms with Gasteiger partial charge in [-0.1, -0.05) is 6.07 Å². The van der Waals surface area contributed by atoms with Gasteiger partial charge >= 0.3 is 0 Å². The summed E-state index contributed by atoms with van der Waals surface area (Å²) < 4.78 is 23.8. The highest BCUT2D eigenvalue weighted by atomic mass is 19.1. The molecule has 0 aromatic heterocycles. The molecule has 108 valence electrons. The Morgan fingerprint density at radius 2 is 1.89 bits per heavy atom. The van der Waals surface area contributed by atoms with Gasteiger partial charge in [0.2, 0.25) is 0 Å². The Hall–Kier alpha value is -1.17. The van der Waals surface area contributed by atoms with E-state index < -0.39 is 0 Å². The van der Waals surface area contributed by atoms with Crippen LogP contribution >= 0.6 is 0 Å². The highest BCUT2D eigenvalue weighted by Gasteiger charge is 2.13. The van der Waals surface area contributed by atoms with Crippen molar-refractivity contribution >= 4 is 5.69 Å². The monoisotopic (exact) mass is 271 g/mol. The molecule has 1 rings (SSSR count). The summed E-state index contributed by atoms with van der Waals surface area (Å²) in [5, 5.41) is 9.32. The van der Waals surface area contributed by atoms with E-state index in [1.54, 1.807) is 20.3 Å². The van der Waals surface area contributed by atoms with E-state index in [0.29, 0.717) is 25.3 Å². The minimum Gasteiger partial charge on any atom is -0.391 e. The molecule has 1 N–H and O–H groups in total. The van der Waals surface area contributed by atoms with Crippen LogP contribution in [0.4, 0.5) is 10.1 Å². The maximum Gasteiger partial charge on any atom is 0.130 e. The van der Waals surface area contributed by atoms with Gasteiger partial charge in [-0.2, -0.15) is 0 Å². The highest BCUT2D eigenvalue weighted by molar-refractivity contribution is 5.54. The van der Waals surface area contributed by atoms with E-state index in [0.717, 1.165) is 18.7 Å². The molecule has 0 unspecified atom stereocenters. The quantitative estimate of drug-likeness (QED) is 0.696. The maximum atomic E-state index is 13.7. The van der Waals surface area contributed by atoms with E-state index in [4.69, 9.17) is 9.47 Å². The van der Waals surface area contributed by atoms with Crippen LogP contribution in [0.15, 0.2) is 18.2 Å². The summed E-state index contributed by atoms with van der Waals surface area (Å²) in [5.74, 6) is -0.380. The van der Waals surface area contributed by atoms with Crippen molar-refractivity contribution in [1.29, 1.82) is 0 Å². The number of hydrogen-bond acceptors (Lipinski definition) is 4. The molecule has 0 saturated carbocycles. The number of benzene rings is 1. The highest BCUT2D eigenvalue weighted by Crippen LogP contribution is 2.23. The predicted molar refractivity (Wildman–Crippen MR) is 72.9 cm³/mol. The zero-order chi connectivity index (χ0) is 14.1. The SMILES string of the molecule is COCCCN(CCOC)c1cccc(F)c1CO. The fraction of sp³-hybridized carbons (Fsp3) is 0.571. The average molecular weight is 271 g/mol. The van der Waals surface area contributed by atoms with E-state index in [1.165, 1.54) is 6.07 Å². The summed E-state index contributed by atoms with van der Waals surface area (Å²) in [6.45, 7) is 2.27. The van der Waals surface area contributed by atoms with Crippen molar-refractivity contribution in [3.05, 3.63) is 29.6 Å². The third-order valence-corrected chi connectivity index (χ3v) is 2.93. The van der Waals surface area contributed by atoms with Gasteiger partial charge in [0.15, 0.2) is 0 Å². The van der Waals surface area contributed by atoms with Crippen molar-refractivity contribution in [2.75, 3.05) is 45.4 Å². The number of rotatable bonds is 9. The molecule has 0 aliphatic carbocycles. The summed E-state index contributed by atoms with van der Waals surface area (Å²) in [6.07, 6.45) is 0.835. The van der Waals surface area contributed by atoms with Crippen molar-refractivity contribution in [2.45, 2.75) is 13.0 Å². The van der Waals surface area contributed by atoms with Gasteiger partial charge < -0.3 is 19.5 Å². The molecule has 1 aromatic rings. The molecule has 0 heterocycles. The topological polar surface area (TPSA) is 41.9 Å². The second kappa shape index (κ2) is 8.85. The molecular formula is C14H22FNO3. The second-order valence-electron chi connectivity index (χ2n) is 4.22. The van der Waals surface area contributed by atoms with Gasteiger partial charge in [-0.15, -0.1) is 0 Å². The Morgan fingerprint density at radius 3 is 2.53 bits per heavy atom. The number of ether oxygens (including phenoxy) is 2. The van der Waals surface area contributed by atoms with Gasteiger partial charge in [0, 0.05) is 45.2 Å². The average Bonchev–Trinajstić information content (AvgIpc) is 2.42. The van der Waals surface area contributed by atoms with Crippen molar-refractivity contribution in [1.82, 2.24) is 0 Å². The third kappa shape index (κ3) is 4.78. The number of aliphatic hydroxyl groups excluding tert-OH is 1. The molecule has 0 radical (unpaired) electrons. The van der Waals surface area contributed by atoms with Gasteiger partial charge in [0.1, 0.15) is 5.82 Å². The number of aliphatic hydroxyl groups is 1. The molecule has 0 aliphatic heterocycles. The summed E-state index contributed by atoms with van der Waals surface area (Å²) >= 11 is 0. The molecular weight excluding hydrogens is 249 g/mol. The Morgan fingerprint density at radius 1 is 1.16 bits per heavy atom. The molecule has 4 nitrogen and oxygen atoms in total. The van der Waals surface area contributed by atoms with Crippen LogP contribution in [0.1, 0.15) is 12.0 Å². The van der Waals surface area contributed by atoms with Gasteiger partial charge in [-0.25, -0.2) is 4.39 Å². The minimum absolute atomic E-state index is 0.310. The van der Waals surface area contributed by atoms with Crippen LogP contribution in [-0.2, 0) is 16.1 Å². The van der Waals surface area contributed by atoms with E-state index in [1.807, 2.05) is 11.0 Å². The normalized spacial score (nSPS) is 10.7. The van der Waals surface area contributed by atoms with Crippen LogP contribution in [0, 0.1) is 5.82 Å². The first-order chi connectivity index (χ1) is 9.24. The predicted octanol–water partition coefficient (Wildman–Crippen LogP) is 1.81. The van der Waals surface area contributed by atoms with Crippen LogP contribution in [0.2, 0.25) is 0 Å². The Kier molecular flexibility index (Phi) is 7.40. The number of anilines is 1. The summed E-state index contributed by atoms with van der Waals surface area (Å²) in [4.78, 5) is 2.01. The van der Waals surface area contributed by atoms with Gasteiger partial charge in [0.05, 0.1) is 13.2 Å². The number of hydrogen-bond donors (Lipinski definition) is 1. The Bertz CT molecular complexity index is 374. The minimum atomic E-state index is -0.380. The standard InChI is InChI=1S/C14H22FNO3/c1-18-9-4-7-16(8-10-19-2)14-6-3-5-13(15)12(14)11-17/h3,5-6,17H,4,7-11H2,1-2H3. The van der Waals surface area contributed by atoms with Crippen molar-refractivity contribution < 1.29 is 19.0 Å². The molecule has 0 fully saturated rings. The fourth-order valence-corrected chi connectivity index (χ4v) is 1.95. The van der Waals surface area contributed by atoms with E-state index >= 15 is 0 Å². The van der Waals surface area contributed by atoms with Gasteiger partial charge in [-0.05, 0) is 18.6 Å². The molecule has 5 heteroatoms. The molecule has 0 amide bonds. The Labute approximate surface area is 113 Å². The first-order valence-electron chi connectivity index (χ1n) is 6.35. The molecule has 0 saturated heterocycles. The van der Waals surface area contributed by atoms with Gasteiger partial charge in [0.25, 0.3) is 0 Å². The molecule has 0 aliphatic rings. The van der Waals surface area contributed by atoms with Crippen molar-refractivity contribution in [3.63, 3.8) is 0 Å². The lowest BCUT2D eigenvalue weighted by atomic mass is 10.1. The molecule has 0 bridgehead atoms. The zero-order valence-corrected chi connectivity index (χ0v) is 11.6. The maximum absolute atomic E-state index is 13.7. The lowest BCUT2D eigenvalue weighted by Gasteiger charge is -2.26. The van der Waals surface area contributed by atoms with Crippen LogP contribution in [-0.4, -0.2) is 45.6 Å². The summed E-state index contributed by atoms with van der Waals surface area (Å²) in [7, 11) is 3.28. The van der Waals surface area contributed by atoms with E-state index in [2.05, 4.69) is 0 Å². The number of methoxy groups -OCH3 is 2. The summed E-state index contributed by atoms with van der Waals surface area (Å²) in [5.41, 5.74) is 1.05. The van der Waals surface area contributed by atoms with Crippen molar-refractivity contribution in [2.24, 2.45) is 0 Å². The van der Waals surface area contributed by atoms with E-state index in [9.17, 15) is 9.50 Å². The van der Waals surface area contributed by atoms with Crippen LogP contribution in [0.5, 0.6) is 0 Å². The van der Waals surface area contributed by atoms with Gasteiger partial charge in [-0.3, -0.25) is 0 Å². The fourth-order valence-electron chi connectivity index (χ4n) is 1.95. The Balaban J connectivity index is 2.85. The third-order valence-electron chi connectivity index (χ3n) is 2.93. The van der Waals surface area contributed by atoms with Crippen LogP contribution in [0.25, 0.3) is 0 Å². The number of nitrogens with zero attached hydrogens (tertiary/aromatic N) is 1. The lowest BCUT2D eigenvalue weighted by Crippen LogP contribution is -2.30. The van der Waals surface area contributed by atoms with Crippen molar-refractivity contribution in [3.8, 4) is 0 Å². The molecule has 0 atom stereocenters.